The van der Waals surface area contributed by atoms with E-state index in [9.17, 15) is 10.1 Å². The molecule has 0 aromatic heterocycles. The Labute approximate surface area is 115 Å². The monoisotopic (exact) mass is 312 g/mol. The van der Waals surface area contributed by atoms with Crippen molar-refractivity contribution in [1.29, 1.82) is 0 Å². The first-order chi connectivity index (χ1) is 8.59. The number of piperidine rings is 1. The highest BCUT2D eigenvalue weighted by atomic mass is 79.9. The molecular formula is C13H17BrN2O2. The Kier molecular flexibility index (Phi) is 4.35. The SMILES string of the molecule is CC1CCCCN1Cc1c(Br)cccc1[N+](=O)[O-]. The van der Waals surface area contributed by atoms with Crippen LogP contribution < -0.4 is 0 Å². The lowest BCUT2D eigenvalue weighted by Crippen LogP contribution is -2.37. The van der Waals surface area contributed by atoms with Gasteiger partial charge in [-0.25, -0.2) is 0 Å². The number of halogens is 1. The Hall–Kier alpha value is -0.940. The van der Waals surface area contributed by atoms with Crippen LogP contribution in [0, 0.1) is 10.1 Å². The molecule has 1 aromatic carbocycles. The average molecular weight is 313 g/mol. The van der Waals surface area contributed by atoms with Crippen molar-refractivity contribution in [2.75, 3.05) is 6.54 Å². The van der Waals surface area contributed by atoms with Gasteiger partial charge in [-0.15, -0.1) is 0 Å². The molecule has 0 N–H and O–H groups in total. The Balaban J connectivity index is 2.24. The van der Waals surface area contributed by atoms with E-state index >= 15 is 0 Å². The number of likely N-dealkylation sites (tertiary alicyclic amines) is 1. The second-order valence-corrected chi connectivity index (χ2v) is 5.66. The van der Waals surface area contributed by atoms with Crippen LogP contribution in [-0.4, -0.2) is 22.4 Å². The highest BCUT2D eigenvalue weighted by Crippen LogP contribution is 2.30. The van der Waals surface area contributed by atoms with E-state index in [-0.39, 0.29) is 10.6 Å². The van der Waals surface area contributed by atoms with Crippen molar-refractivity contribution in [1.82, 2.24) is 4.90 Å². The first-order valence-electron chi connectivity index (χ1n) is 6.25. The predicted octanol–water partition coefficient (Wildman–Crippen LogP) is 3.73. The third-order valence-electron chi connectivity index (χ3n) is 3.59. The number of nitrogens with zero attached hydrogens (tertiary/aromatic N) is 2. The Bertz CT molecular complexity index is 451. The summed E-state index contributed by atoms with van der Waals surface area (Å²) >= 11 is 3.43. The molecule has 5 heteroatoms. The Morgan fingerprint density at radius 3 is 2.94 bits per heavy atom. The summed E-state index contributed by atoms with van der Waals surface area (Å²) in [5.74, 6) is 0. The van der Waals surface area contributed by atoms with E-state index < -0.39 is 0 Å². The summed E-state index contributed by atoms with van der Waals surface area (Å²) in [6.07, 6.45) is 3.62. The maximum absolute atomic E-state index is 11.1. The molecule has 18 heavy (non-hydrogen) atoms. The maximum atomic E-state index is 11.1. The van der Waals surface area contributed by atoms with E-state index in [1.54, 1.807) is 12.1 Å². The number of rotatable bonds is 3. The standard InChI is InChI=1S/C13H17BrN2O2/c1-10-5-2-3-8-15(10)9-11-12(14)6-4-7-13(11)16(17)18/h4,6-7,10H,2-3,5,8-9H2,1H3. The average Bonchev–Trinajstić information content (AvgIpc) is 2.34. The van der Waals surface area contributed by atoms with Crippen LogP contribution in [0.2, 0.25) is 0 Å². The van der Waals surface area contributed by atoms with Gasteiger partial charge in [0.2, 0.25) is 0 Å². The normalized spacial score (nSPS) is 20.9. The van der Waals surface area contributed by atoms with Crippen LogP contribution in [0.1, 0.15) is 31.7 Å². The molecule has 0 aliphatic carbocycles. The molecule has 0 spiro atoms. The van der Waals surface area contributed by atoms with Crippen LogP contribution in [0.4, 0.5) is 5.69 Å². The quantitative estimate of drug-likeness (QED) is 0.631. The fourth-order valence-corrected chi connectivity index (χ4v) is 2.95. The van der Waals surface area contributed by atoms with Gasteiger partial charge in [0.1, 0.15) is 0 Å². The lowest BCUT2D eigenvalue weighted by molar-refractivity contribution is -0.385. The first-order valence-corrected chi connectivity index (χ1v) is 7.04. The van der Waals surface area contributed by atoms with Crippen molar-refractivity contribution in [3.8, 4) is 0 Å². The topological polar surface area (TPSA) is 46.4 Å². The van der Waals surface area contributed by atoms with E-state index in [2.05, 4.69) is 27.8 Å². The summed E-state index contributed by atoms with van der Waals surface area (Å²) in [6.45, 7) is 3.88. The Morgan fingerprint density at radius 2 is 2.28 bits per heavy atom. The molecule has 0 bridgehead atoms. The molecule has 0 radical (unpaired) electrons. The fourth-order valence-electron chi connectivity index (χ4n) is 2.47. The van der Waals surface area contributed by atoms with E-state index in [0.717, 1.165) is 16.6 Å². The van der Waals surface area contributed by atoms with Gasteiger partial charge in [-0.05, 0) is 32.4 Å². The van der Waals surface area contributed by atoms with Gasteiger partial charge in [-0.3, -0.25) is 15.0 Å². The van der Waals surface area contributed by atoms with Gasteiger partial charge in [0.15, 0.2) is 0 Å². The van der Waals surface area contributed by atoms with Gasteiger partial charge in [0.05, 0.1) is 10.5 Å². The zero-order chi connectivity index (χ0) is 13.1. The van der Waals surface area contributed by atoms with Gasteiger partial charge in [0.25, 0.3) is 5.69 Å². The zero-order valence-electron chi connectivity index (χ0n) is 10.4. The number of hydrogen-bond donors (Lipinski definition) is 0. The molecule has 1 atom stereocenters. The van der Waals surface area contributed by atoms with E-state index in [4.69, 9.17) is 0 Å². The van der Waals surface area contributed by atoms with Gasteiger partial charge >= 0.3 is 0 Å². The summed E-state index contributed by atoms with van der Waals surface area (Å²) in [6, 6.07) is 5.67. The number of nitro groups is 1. The smallest absolute Gasteiger partial charge is 0.275 e. The molecule has 1 aromatic rings. The van der Waals surface area contributed by atoms with E-state index in [0.29, 0.717) is 12.6 Å². The van der Waals surface area contributed by atoms with Crippen LogP contribution in [0.3, 0.4) is 0 Å². The van der Waals surface area contributed by atoms with Crippen LogP contribution in [0.5, 0.6) is 0 Å². The van der Waals surface area contributed by atoms with Crippen molar-refractivity contribution >= 4 is 21.6 Å². The van der Waals surface area contributed by atoms with Crippen LogP contribution in [-0.2, 0) is 6.54 Å². The molecule has 2 rings (SSSR count). The van der Waals surface area contributed by atoms with Crippen LogP contribution in [0.15, 0.2) is 22.7 Å². The summed E-state index contributed by atoms with van der Waals surface area (Å²) in [4.78, 5) is 13.1. The molecule has 1 aliphatic heterocycles. The number of benzene rings is 1. The third-order valence-corrected chi connectivity index (χ3v) is 4.34. The molecule has 0 saturated carbocycles. The lowest BCUT2D eigenvalue weighted by Gasteiger charge is -2.33. The van der Waals surface area contributed by atoms with E-state index in [1.807, 2.05) is 6.07 Å². The largest absolute Gasteiger partial charge is 0.296 e. The molecule has 4 nitrogen and oxygen atoms in total. The summed E-state index contributed by atoms with van der Waals surface area (Å²) in [5, 5.41) is 11.1. The molecule has 98 valence electrons. The van der Waals surface area contributed by atoms with Gasteiger partial charge in [-0.1, -0.05) is 28.4 Å². The Morgan fingerprint density at radius 1 is 1.50 bits per heavy atom. The number of nitro benzene ring substituents is 1. The summed E-state index contributed by atoms with van der Waals surface area (Å²) in [5.41, 5.74) is 0.999. The van der Waals surface area contributed by atoms with Crippen LogP contribution in [0.25, 0.3) is 0 Å². The molecule has 1 saturated heterocycles. The minimum absolute atomic E-state index is 0.210. The highest BCUT2D eigenvalue weighted by Gasteiger charge is 2.23. The van der Waals surface area contributed by atoms with Crippen molar-refractivity contribution in [2.24, 2.45) is 0 Å². The molecule has 1 heterocycles. The molecular weight excluding hydrogens is 296 g/mol. The first kappa shape index (κ1) is 13.5. The lowest BCUT2D eigenvalue weighted by atomic mass is 10.0. The number of hydrogen-bond acceptors (Lipinski definition) is 3. The van der Waals surface area contributed by atoms with E-state index in [1.165, 1.54) is 19.3 Å². The van der Waals surface area contributed by atoms with Crippen molar-refractivity contribution in [3.63, 3.8) is 0 Å². The maximum Gasteiger partial charge on any atom is 0.275 e. The predicted molar refractivity (Wildman–Crippen MR) is 74.5 cm³/mol. The summed E-state index contributed by atoms with van der Waals surface area (Å²) in [7, 11) is 0. The van der Waals surface area contributed by atoms with Gasteiger partial charge < -0.3 is 0 Å². The van der Waals surface area contributed by atoms with Crippen LogP contribution >= 0.6 is 15.9 Å². The van der Waals surface area contributed by atoms with Gasteiger partial charge in [-0.2, -0.15) is 0 Å². The minimum Gasteiger partial charge on any atom is -0.296 e. The zero-order valence-corrected chi connectivity index (χ0v) is 12.0. The minimum atomic E-state index is -0.297. The molecule has 1 unspecified atom stereocenters. The second kappa shape index (κ2) is 5.80. The van der Waals surface area contributed by atoms with Crippen molar-refractivity contribution in [2.45, 2.75) is 38.8 Å². The molecule has 1 fully saturated rings. The van der Waals surface area contributed by atoms with Crippen molar-refractivity contribution < 1.29 is 4.92 Å². The third kappa shape index (κ3) is 2.90. The molecule has 1 aliphatic rings. The highest BCUT2D eigenvalue weighted by molar-refractivity contribution is 9.10. The fraction of sp³-hybridized carbons (Fsp3) is 0.538. The second-order valence-electron chi connectivity index (χ2n) is 4.81. The molecule has 0 amide bonds. The van der Waals surface area contributed by atoms with Gasteiger partial charge in [0, 0.05) is 23.1 Å². The summed E-state index contributed by atoms with van der Waals surface area (Å²) < 4.78 is 0.828. The van der Waals surface area contributed by atoms with Crippen molar-refractivity contribution in [3.05, 3.63) is 38.3 Å².